The molecule has 0 aliphatic heterocycles. The number of amides is 1. The molecule has 0 saturated carbocycles. The van der Waals surface area contributed by atoms with Gasteiger partial charge in [0.05, 0.1) is 11.5 Å². The lowest BCUT2D eigenvalue weighted by molar-refractivity contribution is -0.384. The zero-order chi connectivity index (χ0) is 22.2. The molecule has 0 radical (unpaired) electrons. The van der Waals surface area contributed by atoms with E-state index in [9.17, 15) is 14.9 Å². The molecule has 0 spiro atoms. The largest absolute Gasteiger partial charge is 0.367 e. The van der Waals surface area contributed by atoms with Crippen LogP contribution in [0.4, 0.5) is 5.69 Å². The lowest BCUT2D eigenvalue weighted by Gasteiger charge is -2.20. The number of aromatic nitrogens is 2. The highest BCUT2D eigenvalue weighted by Crippen LogP contribution is 2.27. The van der Waals surface area contributed by atoms with Gasteiger partial charge in [-0.1, -0.05) is 67.9 Å². The van der Waals surface area contributed by atoms with Crippen LogP contribution in [0.3, 0.4) is 0 Å². The third-order valence-electron chi connectivity index (χ3n) is 4.90. The van der Waals surface area contributed by atoms with Crippen LogP contribution >= 0.6 is 0 Å². The zero-order valence-electron chi connectivity index (χ0n) is 17.4. The Morgan fingerprint density at radius 1 is 1.23 bits per heavy atom. The molecule has 162 valence electrons. The number of rotatable bonds is 10. The number of non-ortho nitro benzene ring substituents is 1. The first-order valence-corrected chi connectivity index (χ1v) is 9.97. The number of nitrogens with zero attached hydrogens (tertiary/aromatic N) is 3. The number of hydrogen-bond donors (Lipinski definition) is 1. The lowest BCUT2D eigenvalue weighted by atomic mass is 9.99. The molecule has 9 heteroatoms. The molecule has 1 aromatic heterocycles. The molecule has 0 bridgehead atoms. The van der Waals surface area contributed by atoms with Crippen molar-refractivity contribution < 1.29 is 19.0 Å². The van der Waals surface area contributed by atoms with E-state index in [4.69, 9.17) is 9.26 Å². The molecule has 0 aliphatic rings. The van der Waals surface area contributed by atoms with Crippen molar-refractivity contribution in [3.8, 4) is 11.4 Å². The molecule has 31 heavy (non-hydrogen) atoms. The Morgan fingerprint density at radius 2 is 2.00 bits per heavy atom. The van der Waals surface area contributed by atoms with Gasteiger partial charge in [0.2, 0.25) is 17.6 Å². The molecule has 2 atom stereocenters. The van der Waals surface area contributed by atoms with Crippen LogP contribution in [0.15, 0.2) is 59.1 Å². The molecule has 1 amide bonds. The third-order valence-corrected chi connectivity index (χ3v) is 4.90. The van der Waals surface area contributed by atoms with Crippen LogP contribution in [0.5, 0.6) is 0 Å². The molecule has 0 aliphatic carbocycles. The van der Waals surface area contributed by atoms with Crippen LogP contribution in [-0.2, 0) is 16.1 Å². The van der Waals surface area contributed by atoms with Crippen molar-refractivity contribution in [1.82, 2.24) is 15.5 Å². The zero-order valence-corrected chi connectivity index (χ0v) is 17.4. The second kappa shape index (κ2) is 10.4. The van der Waals surface area contributed by atoms with Gasteiger partial charge in [0.25, 0.3) is 5.69 Å². The van der Waals surface area contributed by atoms with Gasteiger partial charge in [-0.2, -0.15) is 4.98 Å². The van der Waals surface area contributed by atoms with Gasteiger partial charge in [-0.3, -0.25) is 14.9 Å². The molecular formula is C22H24N4O5. The molecule has 0 fully saturated rings. The van der Waals surface area contributed by atoms with E-state index in [1.165, 1.54) is 12.1 Å². The van der Waals surface area contributed by atoms with E-state index in [-0.39, 0.29) is 35.8 Å². The van der Waals surface area contributed by atoms with Crippen molar-refractivity contribution >= 4 is 11.6 Å². The molecular weight excluding hydrogens is 400 g/mol. The Hall–Kier alpha value is -3.59. The summed E-state index contributed by atoms with van der Waals surface area (Å²) < 4.78 is 10.9. The van der Waals surface area contributed by atoms with Crippen molar-refractivity contribution in [2.24, 2.45) is 5.92 Å². The van der Waals surface area contributed by atoms with Crippen LogP contribution < -0.4 is 5.32 Å². The molecule has 1 heterocycles. The molecule has 3 rings (SSSR count). The summed E-state index contributed by atoms with van der Waals surface area (Å²) in [5, 5.41) is 17.8. The Labute approximate surface area is 179 Å². The van der Waals surface area contributed by atoms with Crippen LogP contribution in [-0.4, -0.2) is 27.6 Å². The summed E-state index contributed by atoms with van der Waals surface area (Å²) >= 11 is 0. The van der Waals surface area contributed by atoms with Gasteiger partial charge in [-0.15, -0.1) is 0 Å². The first kappa shape index (κ1) is 22.1. The summed E-state index contributed by atoms with van der Waals surface area (Å²) in [6.07, 6.45) is 0.768. The van der Waals surface area contributed by atoms with Gasteiger partial charge < -0.3 is 14.6 Å². The summed E-state index contributed by atoms with van der Waals surface area (Å²) in [5.74, 6) is 0.196. The van der Waals surface area contributed by atoms with E-state index in [0.717, 1.165) is 12.0 Å². The van der Waals surface area contributed by atoms with Crippen molar-refractivity contribution in [1.29, 1.82) is 0 Å². The first-order valence-electron chi connectivity index (χ1n) is 9.97. The van der Waals surface area contributed by atoms with E-state index in [0.29, 0.717) is 12.2 Å². The van der Waals surface area contributed by atoms with Crippen molar-refractivity contribution in [3.05, 3.63) is 76.2 Å². The molecule has 1 N–H and O–H groups in total. The van der Waals surface area contributed by atoms with Gasteiger partial charge in [-0.05, 0) is 11.5 Å². The predicted octanol–water partition coefficient (Wildman–Crippen LogP) is 4.07. The number of benzene rings is 2. The summed E-state index contributed by atoms with van der Waals surface area (Å²) in [7, 11) is 0. The quantitative estimate of drug-likeness (QED) is 0.385. The Morgan fingerprint density at radius 3 is 2.71 bits per heavy atom. The van der Waals surface area contributed by atoms with Crippen LogP contribution in [0.1, 0.15) is 37.8 Å². The average Bonchev–Trinajstić information content (AvgIpc) is 3.28. The molecule has 2 unspecified atom stereocenters. The second-order valence-corrected chi connectivity index (χ2v) is 7.17. The van der Waals surface area contributed by atoms with E-state index in [2.05, 4.69) is 15.5 Å². The van der Waals surface area contributed by atoms with E-state index >= 15 is 0 Å². The number of ether oxygens (including phenoxy) is 1. The minimum atomic E-state index is -0.502. The van der Waals surface area contributed by atoms with Gasteiger partial charge in [0.1, 0.15) is 12.6 Å². The predicted molar refractivity (Wildman–Crippen MR) is 113 cm³/mol. The minimum absolute atomic E-state index is 0.0245. The molecule has 0 saturated heterocycles. The number of nitro benzene ring substituents is 1. The van der Waals surface area contributed by atoms with Gasteiger partial charge in [-0.25, -0.2) is 0 Å². The minimum Gasteiger partial charge on any atom is -0.367 e. The Kier molecular flexibility index (Phi) is 7.45. The fourth-order valence-electron chi connectivity index (χ4n) is 2.97. The number of carbonyl (C=O) groups excluding carboxylic acids is 1. The monoisotopic (exact) mass is 424 g/mol. The smallest absolute Gasteiger partial charge is 0.270 e. The topological polar surface area (TPSA) is 120 Å². The Balaban J connectivity index is 1.67. The van der Waals surface area contributed by atoms with E-state index < -0.39 is 11.0 Å². The van der Waals surface area contributed by atoms with Gasteiger partial charge in [0.15, 0.2) is 0 Å². The highest BCUT2D eigenvalue weighted by molar-refractivity contribution is 5.77. The number of nitrogens with one attached hydrogen (secondary N) is 1. The maximum absolute atomic E-state index is 12.4. The highest BCUT2D eigenvalue weighted by atomic mass is 16.6. The van der Waals surface area contributed by atoms with Crippen molar-refractivity contribution in [3.63, 3.8) is 0 Å². The second-order valence-electron chi connectivity index (χ2n) is 7.17. The van der Waals surface area contributed by atoms with Crippen LogP contribution in [0.2, 0.25) is 0 Å². The van der Waals surface area contributed by atoms with Crippen LogP contribution in [0, 0.1) is 16.0 Å². The number of hydrogen-bond acceptors (Lipinski definition) is 7. The van der Waals surface area contributed by atoms with Gasteiger partial charge in [0, 0.05) is 17.7 Å². The van der Waals surface area contributed by atoms with E-state index in [1.807, 2.05) is 44.2 Å². The lowest BCUT2D eigenvalue weighted by Crippen LogP contribution is -2.35. The van der Waals surface area contributed by atoms with Crippen molar-refractivity contribution in [2.45, 2.75) is 32.9 Å². The number of carbonyl (C=O) groups is 1. The SMILES string of the molecule is CCC(C)C(NC(=O)COCc1ccccc1)c1nc(-c2cccc([N+](=O)[O-])c2)no1. The highest BCUT2D eigenvalue weighted by Gasteiger charge is 2.26. The van der Waals surface area contributed by atoms with Crippen molar-refractivity contribution in [2.75, 3.05) is 6.61 Å². The maximum atomic E-state index is 12.4. The third kappa shape index (κ3) is 5.95. The normalized spacial score (nSPS) is 12.8. The van der Waals surface area contributed by atoms with Crippen LogP contribution in [0.25, 0.3) is 11.4 Å². The summed E-state index contributed by atoms with van der Waals surface area (Å²) in [6.45, 7) is 4.19. The molecule has 9 nitrogen and oxygen atoms in total. The molecule has 3 aromatic rings. The van der Waals surface area contributed by atoms with E-state index in [1.54, 1.807) is 12.1 Å². The molecule has 2 aromatic carbocycles. The maximum Gasteiger partial charge on any atom is 0.270 e. The summed E-state index contributed by atoms with van der Waals surface area (Å²) in [4.78, 5) is 27.3. The number of nitro groups is 1. The summed E-state index contributed by atoms with van der Waals surface area (Å²) in [5.41, 5.74) is 1.38. The fourth-order valence-corrected chi connectivity index (χ4v) is 2.97. The standard InChI is InChI=1S/C22H24N4O5/c1-3-15(2)20(23-19(27)14-30-13-16-8-5-4-6-9-16)22-24-21(25-31-22)17-10-7-11-18(12-17)26(28)29/h4-12,15,20H,3,13-14H2,1-2H3,(H,23,27). The first-order chi connectivity index (χ1) is 15.0. The van der Waals surface area contributed by atoms with Gasteiger partial charge >= 0.3 is 0 Å². The fraction of sp³-hybridized carbons (Fsp3) is 0.318. The summed E-state index contributed by atoms with van der Waals surface area (Å²) in [6, 6.07) is 15.1. The Bertz CT molecular complexity index is 1020. The average molecular weight is 424 g/mol.